The van der Waals surface area contributed by atoms with Crippen molar-refractivity contribution in [2.24, 2.45) is 0 Å². The summed E-state index contributed by atoms with van der Waals surface area (Å²) >= 11 is 0. The first-order chi connectivity index (χ1) is 17.6. The highest BCUT2D eigenvalue weighted by Crippen LogP contribution is 2.26. The van der Waals surface area contributed by atoms with E-state index in [4.69, 9.17) is 0 Å². The molecule has 2 aromatic carbocycles. The van der Waals surface area contributed by atoms with Gasteiger partial charge in [0.25, 0.3) is 0 Å². The number of amides is 4. The summed E-state index contributed by atoms with van der Waals surface area (Å²) in [6, 6.07) is 16.2. The van der Waals surface area contributed by atoms with Crippen molar-refractivity contribution in [1.29, 1.82) is 0 Å². The van der Waals surface area contributed by atoms with Crippen molar-refractivity contribution in [3.8, 4) is 11.5 Å². The Kier molecular flexibility index (Phi) is 6.52. The predicted octanol–water partition coefficient (Wildman–Crippen LogP) is 3.92. The summed E-state index contributed by atoms with van der Waals surface area (Å²) in [4.78, 5) is 35.5. The van der Waals surface area contributed by atoms with Crippen molar-refractivity contribution in [1.82, 2.24) is 30.4 Å². The van der Waals surface area contributed by atoms with Crippen LogP contribution in [0.3, 0.4) is 0 Å². The first-order valence-electron chi connectivity index (χ1n) is 11.4. The van der Waals surface area contributed by atoms with Gasteiger partial charge in [0.2, 0.25) is 0 Å². The fourth-order valence-corrected chi connectivity index (χ4v) is 3.99. The van der Waals surface area contributed by atoms with E-state index in [1.54, 1.807) is 29.3 Å². The van der Waals surface area contributed by atoms with Gasteiger partial charge in [-0.2, -0.15) is 5.10 Å². The monoisotopic (exact) mass is 486 g/mol. The molecule has 11 heteroatoms. The normalized spacial score (nSPS) is 12.5. The number of halogens is 1. The lowest BCUT2D eigenvalue weighted by Gasteiger charge is -2.30. The summed E-state index contributed by atoms with van der Waals surface area (Å²) < 4.78 is 13.8. The maximum Gasteiger partial charge on any atom is 0.323 e. The van der Waals surface area contributed by atoms with E-state index < -0.39 is 11.8 Å². The standard InChI is InChI=1S/C25H23FN8O2/c26-18-7-1-2-8-20(18)30-24(35)29-19-10-5-6-16-15-34(13-11-17(16)19)25(36)28-14-22-31-23(33-32-22)21-9-3-4-12-27-21/h1-10,12H,11,13-15H2,(H,28,36)(H2,29,30,35)(H,31,32,33). The molecule has 182 valence electrons. The predicted molar refractivity (Wildman–Crippen MR) is 131 cm³/mol. The van der Waals surface area contributed by atoms with Gasteiger partial charge in [-0.15, -0.1) is 0 Å². The van der Waals surface area contributed by atoms with Crippen molar-refractivity contribution in [3.63, 3.8) is 0 Å². The van der Waals surface area contributed by atoms with Gasteiger partial charge < -0.3 is 20.9 Å². The van der Waals surface area contributed by atoms with Crippen LogP contribution < -0.4 is 16.0 Å². The van der Waals surface area contributed by atoms with Crippen LogP contribution in [0.2, 0.25) is 0 Å². The number of hydrogen-bond acceptors (Lipinski definition) is 5. The minimum atomic E-state index is -0.536. The van der Waals surface area contributed by atoms with Gasteiger partial charge in [0.15, 0.2) is 5.82 Å². The first-order valence-corrected chi connectivity index (χ1v) is 11.4. The van der Waals surface area contributed by atoms with Gasteiger partial charge in [-0.25, -0.2) is 19.0 Å². The molecule has 4 N–H and O–H groups in total. The van der Waals surface area contributed by atoms with Crippen LogP contribution in [0, 0.1) is 5.82 Å². The zero-order chi connectivity index (χ0) is 24.9. The van der Waals surface area contributed by atoms with Gasteiger partial charge in [-0.3, -0.25) is 10.1 Å². The summed E-state index contributed by atoms with van der Waals surface area (Å²) in [5, 5.41) is 15.1. The topological polar surface area (TPSA) is 128 Å². The maximum atomic E-state index is 13.8. The molecule has 4 aromatic rings. The highest BCUT2D eigenvalue weighted by molar-refractivity contribution is 6.00. The van der Waals surface area contributed by atoms with Crippen LogP contribution in [0.1, 0.15) is 17.0 Å². The summed E-state index contributed by atoms with van der Waals surface area (Å²) in [5.41, 5.74) is 3.25. The van der Waals surface area contributed by atoms with Crippen LogP contribution in [-0.4, -0.2) is 43.7 Å². The van der Waals surface area contributed by atoms with E-state index in [0.717, 1.165) is 11.1 Å². The van der Waals surface area contributed by atoms with Crippen molar-refractivity contribution >= 4 is 23.4 Å². The molecule has 0 spiro atoms. The van der Waals surface area contributed by atoms with Gasteiger partial charge >= 0.3 is 12.1 Å². The highest BCUT2D eigenvalue weighted by Gasteiger charge is 2.23. The summed E-state index contributed by atoms with van der Waals surface area (Å²) in [6.45, 7) is 1.06. The van der Waals surface area contributed by atoms with E-state index >= 15 is 0 Å². The van der Waals surface area contributed by atoms with E-state index in [2.05, 4.69) is 36.1 Å². The molecular formula is C25H23FN8O2. The summed E-state index contributed by atoms with van der Waals surface area (Å²) in [5.74, 6) is 0.474. The second-order valence-electron chi connectivity index (χ2n) is 8.15. The molecule has 0 unspecified atom stereocenters. The van der Waals surface area contributed by atoms with Gasteiger partial charge in [0.1, 0.15) is 17.3 Å². The van der Waals surface area contributed by atoms with Gasteiger partial charge in [0, 0.05) is 25.0 Å². The molecule has 0 saturated heterocycles. The number of hydrogen-bond donors (Lipinski definition) is 4. The van der Waals surface area contributed by atoms with Crippen LogP contribution in [0.25, 0.3) is 11.5 Å². The van der Waals surface area contributed by atoms with Crippen LogP contribution in [0.5, 0.6) is 0 Å². The molecule has 0 radical (unpaired) electrons. The second-order valence-corrected chi connectivity index (χ2v) is 8.15. The molecule has 5 rings (SSSR count). The lowest BCUT2D eigenvalue weighted by Crippen LogP contribution is -2.42. The van der Waals surface area contributed by atoms with Crippen molar-refractivity contribution in [2.75, 3.05) is 17.2 Å². The number of benzene rings is 2. The molecule has 0 aliphatic carbocycles. The third-order valence-corrected chi connectivity index (χ3v) is 5.76. The molecule has 2 aromatic heterocycles. The summed E-state index contributed by atoms with van der Waals surface area (Å²) in [6.07, 6.45) is 2.23. The molecule has 0 fully saturated rings. The molecule has 4 amide bonds. The Labute approximate surface area is 206 Å². The molecule has 3 heterocycles. The lowest BCUT2D eigenvalue weighted by molar-refractivity contribution is 0.191. The number of aromatic amines is 1. The Morgan fingerprint density at radius 1 is 1.00 bits per heavy atom. The average Bonchev–Trinajstić information content (AvgIpc) is 3.38. The average molecular weight is 487 g/mol. The van der Waals surface area contributed by atoms with Crippen LogP contribution in [0.15, 0.2) is 66.9 Å². The van der Waals surface area contributed by atoms with Crippen LogP contribution in [-0.2, 0) is 19.5 Å². The number of anilines is 2. The number of H-pyrrole nitrogens is 1. The summed E-state index contributed by atoms with van der Waals surface area (Å²) in [7, 11) is 0. The van der Waals surface area contributed by atoms with Crippen molar-refractivity contribution in [2.45, 2.75) is 19.5 Å². The number of carbonyl (C=O) groups is 2. The number of para-hydroxylation sites is 1. The second kappa shape index (κ2) is 10.2. The fraction of sp³-hybridized carbons (Fsp3) is 0.160. The third-order valence-electron chi connectivity index (χ3n) is 5.76. The van der Waals surface area contributed by atoms with Crippen LogP contribution in [0.4, 0.5) is 25.4 Å². The van der Waals surface area contributed by atoms with E-state index in [1.807, 2.05) is 30.3 Å². The largest absolute Gasteiger partial charge is 0.331 e. The lowest BCUT2D eigenvalue weighted by atomic mass is 9.98. The van der Waals surface area contributed by atoms with Gasteiger partial charge in [0.05, 0.1) is 12.2 Å². The fourth-order valence-electron chi connectivity index (χ4n) is 3.99. The minimum absolute atomic E-state index is 0.0987. The Morgan fingerprint density at radius 3 is 2.64 bits per heavy atom. The first kappa shape index (κ1) is 23.0. The van der Waals surface area contributed by atoms with E-state index in [1.165, 1.54) is 12.1 Å². The molecule has 1 aliphatic heterocycles. The van der Waals surface area contributed by atoms with Gasteiger partial charge in [-0.1, -0.05) is 30.3 Å². The molecule has 0 atom stereocenters. The molecule has 0 saturated carbocycles. The third kappa shape index (κ3) is 5.14. The Bertz CT molecular complexity index is 1390. The SMILES string of the molecule is O=C(Nc1ccccc1F)Nc1cccc2c1CCN(C(=O)NCc1nc(-c3ccccn3)n[nH]1)C2. The Balaban J connectivity index is 1.18. The van der Waals surface area contributed by atoms with E-state index in [-0.39, 0.29) is 18.3 Å². The number of pyridine rings is 1. The quantitative estimate of drug-likeness (QED) is 0.340. The smallest absolute Gasteiger partial charge is 0.323 e. The Morgan fingerprint density at radius 2 is 1.81 bits per heavy atom. The highest BCUT2D eigenvalue weighted by atomic mass is 19.1. The van der Waals surface area contributed by atoms with Crippen molar-refractivity contribution < 1.29 is 14.0 Å². The molecule has 1 aliphatic rings. The van der Waals surface area contributed by atoms with E-state index in [9.17, 15) is 14.0 Å². The van der Waals surface area contributed by atoms with Crippen LogP contribution >= 0.6 is 0 Å². The number of nitrogens with zero attached hydrogens (tertiary/aromatic N) is 4. The number of fused-ring (bicyclic) bond motifs is 1. The molecular weight excluding hydrogens is 463 g/mol. The number of aromatic nitrogens is 4. The molecule has 0 bridgehead atoms. The minimum Gasteiger partial charge on any atom is -0.331 e. The number of rotatable bonds is 5. The molecule has 36 heavy (non-hydrogen) atoms. The van der Waals surface area contributed by atoms with Crippen molar-refractivity contribution in [3.05, 3.63) is 89.6 Å². The molecule has 10 nitrogen and oxygen atoms in total. The zero-order valence-corrected chi connectivity index (χ0v) is 19.2. The number of nitrogens with one attached hydrogen (secondary N) is 4. The number of urea groups is 2. The maximum absolute atomic E-state index is 13.8. The Hall–Kier alpha value is -4.80. The number of carbonyl (C=O) groups excluding carboxylic acids is 2. The zero-order valence-electron chi connectivity index (χ0n) is 19.2. The van der Waals surface area contributed by atoms with E-state index in [0.29, 0.717) is 42.5 Å². The van der Waals surface area contributed by atoms with Gasteiger partial charge in [-0.05, 0) is 47.9 Å².